The summed E-state index contributed by atoms with van der Waals surface area (Å²) in [6.07, 6.45) is 3.71. The van der Waals surface area contributed by atoms with Crippen LogP contribution in [0.5, 0.6) is 17.2 Å². The summed E-state index contributed by atoms with van der Waals surface area (Å²) in [5.74, 6) is 3.67. The SMILES string of the molecule is COc1ccc(OC2C[C@@H]3CN(CCc4ccc(O)cc4)C[C@@H]3C2)cc1. The molecule has 0 spiro atoms. The van der Waals surface area contributed by atoms with Gasteiger partial charge in [0.25, 0.3) is 0 Å². The minimum Gasteiger partial charge on any atom is -0.508 e. The molecular formula is C22H27NO3. The molecule has 3 atom stereocenters. The topological polar surface area (TPSA) is 41.9 Å². The van der Waals surface area contributed by atoms with Crippen molar-refractivity contribution in [2.45, 2.75) is 25.4 Å². The average Bonchev–Trinajstić information content (AvgIpc) is 3.20. The normalized spacial score (nSPS) is 25.2. The van der Waals surface area contributed by atoms with Gasteiger partial charge in [0, 0.05) is 19.6 Å². The number of hydrogen-bond acceptors (Lipinski definition) is 4. The Balaban J connectivity index is 1.24. The molecule has 2 aliphatic rings. The second kappa shape index (κ2) is 7.58. The molecule has 2 aromatic carbocycles. The van der Waals surface area contributed by atoms with Crippen molar-refractivity contribution in [3.8, 4) is 17.2 Å². The molecule has 0 bridgehead atoms. The van der Waals surface area contributed by atoms with E-state index in [1.54, 1.807) is 19.2 Å². The zero-order valence-corrected chi connectivity index (χ0v) is 15.3. The number of benzene rings is 2. The van der Waals surface area contributed by atoms with Crippen LogP contribution >= 0.6 is 0 Å². The highest BCUT2D eigenvalue weighted by Gasteiger charge is 2.41. The van der Waals surface area contributed by atoms with E-state index in [0.29, 0.717) is 11.9 Å². The van der Waals surface area contributed by atoms with Crippen LogP contribution in [0.3, 0.4) is 0 Å². The predicted molar refractivity (Wildman–Crippen MR) is 102 cm³/mol. The van der Waals surface area contributed by atoms with E-state index >= 15 is 0 Å². The van der Waals surface area contributed by atoms with Crippen LogP contribution in [0.2, 0.25) is 0 Å². The number of methoxy groups -OCH3 is 1. The minimum absolute atomic E-state index is 0.340. The fourth-order valence-corrected chi connectivity index (χ4v) is 4.42. The number of likely N-dealkylation sites (tertiary alicyclic amines) is 1. The molecule has 0 radical (unpaired) electrons. The maximum absolute atomic E-state index is 9.37. The first-order valence-corrected chi connectivity index (χ1v) is 9.50. The third kappa shape index (κ3) is 3.96. The van der Waals surface area contributed by atoms with Crippen molar-refractivity contribution < 1.29 is 14.6 Å². The lowest BCUT2D eigenvalue weighted by molar-refractivity contribution is 0.186. The van der Waals surface area contributed by atoms with Crippen molar-refractivity contribution in [3.05, 3.63) is 54.1 Å². The van der Waals surface area contributed by atoms with Gasteiger partial charge < -0.3 is 19.5 Å². The Bertz CT molecular complexity index is 699. The summed E-state index contributed by atoms with van der Waals surface area (Å²) in [6, 6.07) is 15.5. The molecule has 4 heteroatoms. The number of hydrogen-bond donors (Lipinski definition) is 1. The molecule has 2 aromatic rings. The Morgan fingerprint density at radius 1 is 0.923 bits per heavy atom. The van der Waals surface area contributed by atoms with E-state index in [1.807, 2.05) is 36.4 Å². The molecule has 138 valence electrons. The highest BCUT2D eigenvalue weighted by atomic mass is 16.5. The van der Waals surface area contributed by atoms with E-state index in [2.05, 4.69) is 4.90 Å². The van der Waals surface area contributed by atoms with Gasteiger partial charge in [-0.2, -0.15) is 0 Å². The summed E-state index contributed by atoms with van der Waals surface area (Å²) in [6.45, 7) is 3.47. The van der Waals surface area contributed by atoms with E-state index in [0.717, 1.165) is 49.1 Å². The van der Waals surface area contributed by atoms with Gasteiger partial charge in [-0.25, -0.2) is 0 Å². The Morgan fingerprint density at radius 2 is 1.54 bits per heavy atom. The van der Waals surface area contributed by atoms with Crippen molar-refractivity contribution in [3.63, 3.8) is 0 Å². The Kier molecular flexibility index (Phi) is 5.02. The Labute approximate surface area is 155 Å². The van der Waals surface area contributed by atoms with Gasteiger partial charge in [0.2, 0.25) is 0 Å². The molecule has 1 aliphatic heterocycles. The first kappa shape index (κ1) is 17.2. The van der Waals surface area contributed by atoms with Crippen LogP contribution in [0.1, 0.15) is 18.4 Å². The van der Waals surface area contributed by atoms with Gasteiger partial charge >= 0.3 is 0 Å². The lowest BCUT2D eigenvalue weighted by Gasteiger charge is -2.20. The summed E-state index contributed by atoms with van der Waals surface area (Å²) < 4.78 is 11.4. The lowest BCUT2D eigenvalue weighted by atomic mass is 10.0. The Morgan fingerprint density at radius 3 is 2.15 bits per heavy atom. The van der Waals surface area contributed by atoms with Gasteiger partial charge in [-0.1, -0.05) is 12.1 Å². The zero-order chi connectivity index (χ0) is 17.9. The van der Waals surface area contributed by atoms with Gasteiger partial charge in [0.1, 0.15) is 17.2 Å². The molecule has 1 saturated carbocycles. The fraction of sp³-hybridized carbons (Fsp3) is 0.455. The van der Waals surface area contributed by atoms with E-state index < -0.39 is 0 Å². The first-order chi connectivity index (χ1) is 12.7. The molecule has 1 aliphatic carbocycles. The molecule has 2 fully saturated rings. The van der Waals surface area contributed by atoms with Gasteiger partial charge in [-0.3, -0.25) is 0 Å². The van der Waals surface area contributed by atoms with Crippen LogP contribution in [0, 0.1) is 11.8 Å². The third-order valence-electron chi connectivity index (χ3n) is 5.80. The maximum atomic E-state index is 9.37. The van der Waals surface area contributed by atoms with Crippen molar-refractivity contribution >= 4 is 0 Å². The van der Waals surface area contributed by atoms with E-state index in [9.17, 15) is 5.11 Å². The summed E-state index contributed by atoms with van der Waals surface area (Å²) >= 11 is 0. The third-order valence-corrected chi connectivity index (χ3v) is 5.80. The summed E-state index contributed by atoms with van der Waals surface area (Å²) in [5, 5.41) is 9.37. The van der Waals surface area contributed by atoms with E-state index in [1.165, 1.54) is 18.7 Å². The lowest BCUT2D eigenvalue weighted by Crippen LogP contribution is -2.26. The smallest absolute Gasteiger partial charge is 0.119 e. The quantitative estimate of drug-likeness (QED) is 0.859. The standard InChI is InChI=1S/C22H27NO3/c1-25-20-6-8-21(9-7-20)26-22-12-17-14-23(15-18(17)13-22)11-10-16-2-4-19(24)5-3-16/h2-9,17-18,22,24H,10-15H2,1H3/t17-,18+,22?. The van der Waals surface area contributed by atoms with Crippen molar-refractivity contribution in [1.82, 2.24) is 4.90 Å². The molecule has 1 saturated heterocycles. The number of phenols is 1. The largest absolute Gasteiger partial charge is 0.508 e. The second-order valence-corrected chi connectivity index (χ2v) is 7.58. The molecule has 1 unspecified atom stereocenters. The fourth-order valence-electron chi connectivity index (χ4n) is 4.42. The number of aromatic hydroxyl groups is 1. The number of phenolic OH excluding ortho intramolecular Hbond substituents is 1. The summed E-state index contributed by atoms with van der Waals surface area (Å²) in [7, 11) is 1.68. The van der Waals surface area contributed by atoms with Crippen molar-refractivity contribution in [1.29, 1.82) is 0 Å². The molecule has 0 aromatic heterocycles. The highest BCUT2D eigenvalue weighted by molar-refractivity contribution is 5.31. The first-order valence-electron chi connectivity index (χ1n) is 9.50. The second-order valence-electron chi connectivity index (χ2n) is 7.58. The Hall–Kier alpha value is -2.20. The highest BCUT2D eigenvalue weighted by Crippen LogP contribution is 2.39. The van der Waals surface area contributed by atoms with Crippen LogP contribution in [-0.2, 0) is 6.42 Å². The van der Waals surface area contributed by atoms with Gasteiger partial charge in [0.05, 0.1) is 13.2 Å². The average molecular weight is 353 g/mol. The van der Waals surface area contributed by atoms with Crippen LogP contribution < -0.4 is 9.47 Å². The van der Waals surface area contributed by atoms with Gasteiger partial charge in [0.15, 0.2) is 0 Å². The van der Waals surface area contributed by atoms with E-state index in [4.69, 9.17) is 9.47 Å². The van der Waals surface area contributed by atoms with Gasteiger partial charge in [-0.15, -0.1) is 0 Å². The predicted octanol–water partition coefficient (Wildman–Crippen LogP) is 3.73. The summed E-state index contributed by atoms with van der Waals surface area (Å²) in [4.78, 5) is 2.59. The molecule has 26 heavy (non-hydrogen) atoms. The number of fused-ring (bicyclic) bond motifs is 1. The zero-order valence-electron chi connectivity index (χ0n) is 15.3. The van der Waals surface area contributed by atoms with Crippen molar-refractivity contribution in [2.75, 3.05) is 26.7 Å². The van der Waals surface area contributed by atoms with Crippen LogP contribution in [0.15, 0.2) is 48.5 Å². The monoisotopic (exact) mass is 353 g/mol. The maximum Gasteiger partial charge on any atom is 0.119 e. The molecule has 1 N–H and O–H groups in total. The van der Waals surface area contributed by atoms with Crippen LogP contribution in [0.25, 0.3) is 0 Å². The number of ether oxygens (including phenoxy) is 2. The molecule has 0 amide bonds. The molecule has 1 heterocycles. The van der Waals surface area contributed by atoms with Crippen LogP contribution in [-0.4, -0.2) is 42.9 Å². The molecular weight excluding hydrogens is 326 g/mol. The number of rotatable bonds is 6. The summed E-state index contributed by atoms with van der Waals surface area (Å²) in [5.41, 5.74) is 1.29. The molecule has 4 nitrogen and oxygen atoms in total. The van der Waals surface area contributed by atoms with E-state index in [-0.39, 0.29) is 0 Å². The molecule has 4 rings (SSSR count). The van der Waals surface area contributed by atoms with Crippen LogP contribution in [0.4, 0.5) is 0 Å². The van der Waals surface area contributed by atoms with Crippen molar-refractivity contribution in [2.24, 2.45) is 11.8 Å². The minimum atomic E-state index is 0.340. The number of nitrogens with zero attached hydrogens (tertiary/aromatic N) is 1. The van der Waals surface area contributed by atoms with Gasteiger partial charge in [-0.05, 0) is 73.1 Å².